The summed E-state index contributed by atoms with van der Waals surface area (Å²) < 4.78 is 0. The summed E-state index contributed by atoms with van der Waals surface area (Å²) in [6.45, 7) is 3.88. The molecule has 1 aliphatic carbocycles. The van der Waals surface area contributed by atoms with E-state index < -0.39 is 6.10 Å². The Morgan fingerprint density at radius 3 is 2.86 bits per heavy atom. The molecule has 1 N–H and O–H groups in total. The molecule has 0 heterocycles. The summed E-state index contributed by atoms with van der Waals surface area (Å²) in [5.74, 6) is 0.189. The van der Waals surface area contributed by atoms with Gasteiger partial charge in [0, 0.05) is 12.0 Å². The molecule has 0 fully saturated rings. The molecule has 0 bridgehead atoms. The Hall–Kier alpha value is -1.15. The Labute approximate surface area is 83.6 Å². The van der Waals surface area contributed by atoms with E-state index >= 15 is 0 Å². The fourth-order valence-electron chi connectivity index (χ4n) is 2.00. The number of benzene rings is 1. The van der Waals surface area contributed by atoms with Crippen LogP contribution in [0.2, 0.25) is 0 Å². The highest BCUT2D eigenvalue weighted by molar-refractivity contribution is 5.98. The van der Waals surface area contributed by atoms with Gasteiger partial charge in [-0.05, 0) is 18.4 Å². The Bertz CT molecular complexity index is 382. The lowest BCUT2D eigenvalue weighted by molar-refractivity contribution is 0.0751. The van der Waals surface area contributed by atoms with Gasteiger partial charge >= 0.3 is 0 Å². The first kappa shape index (κ1) is 9.41. The van der Waals surface area contributed by atoms with Gasteiger partial charge in [0.05, 0.1) is 6.10 Å². The van der Waals surface area contributed by atoms with Crippen LogP contribution in [-0.4, -0.2) is 10.9 Å². The van der Waals surface area contributed by atoms with Crippen molar-refractivity contribution in [1.82, 2.24) is 0 Å². The average molecular weight is 190 g/mol. The van der Waals surface area contributed by atoms with Gasteiger partial charge in [0.2, 0.25) is 0 Å². The molecule has 2 unspecified atom stereocenters. The summed E-state index contributed by atoms with van der Waals surface area (Å²) in [4.78, 5) is 11.6. The zero-order valence-electron chi connectivity index (χ0n) is 8.45. The summed E-state index contributed by atoms with van der Waals surface area (Å²) in [5, 5.41) is 9.92. The Morgan fingerprint density at radius 1 is 1.43 bits per heavy atom. The topological polar surface area (TPSA) is 37.3 Å². The molecule has 0 aliphatic heterocycles. The number of aryl methyl sites for hydroxylation is 1. The number of hydrogen-bond acceptors (Lipinski definition) is 2. The summed E-state index contributed by atoms with van der Waals surface area (Å²) in [5.41, 5.74) is 2.58. The number of aliphatic hydroxyl groups excluding tert-OH is 1. The van der Waals surface area contributed by atoms with Gasteiger partial charge in [0.1, 0.15) is 0 Å². The van der Waals surface area contributed by atoms with Crippen molar-refractivity contribution in [2.45, 2.75) is 26.4 Å². The molecule has 0 saturated heterocycles. The van der Waals surface area contributed by atoms with Crippen molar-refractivity contribution in [3.8, 4) is 0 Å². The van der Waals surface area contributed by atoms with Crippen molar-refractivity contribution in [2.24, 2.45) is 5.92 Å². The summed E-state index contributed by atoms with van der Waals surface area (Å²) in [6.07, 6.45) is -0.0281. The van der Waals surface area contributed by atoms with E-state index in [1.165, 1.54) is 0 Å². The van der Waals surface area contributed by atoms with E-state index in [4.69, 9.17) is 0 Å². The van der Waals surface area contributed by atoms with Crippen molar-refractivity contribution >= 4 is 5.78 Å². The van der Waals surface area contributed by atoms with Gasteiger partial charge < -0.3 is 5.11 Å². The Kier molecular flexibility index (Phi) is 2.16. The molecule has 0 saturated carbocycles. The number of carbonyl (C=O) groups excluding carboxylic acids is 1. The molecule has 0 aromatic heterocycles. The summed E-state index contributed by atoms with van der Waals surface area (Å²) >= 11 is 0. The number of ketones is 1. The van der Waals surface area contributed by atoms with Gasteiger partial charge in [-0.3, -0.25) is 4.79 Å². The minimum Gasteiger partial charge on any atom is -0.388 e. The molecule has 1 aromatic carbocycles. The maximum absolute atomic E-state index is 11.6. The molecule has 0 radical (unpaired) electrons. The first-order chi connectivity index (χ1) is 6.59. The average Bonchev–Trinajstić information content (AvgIpc) is 2.14. The third-order valence-corrected chi connectivity index (χ3v) is 2.87. The lowest BCUT2D eigenvalue weighted by Crippen LogP contribution is -2.23. The molecule has 2 rings (SSSR count). The van der Waals surface area contributed by atoms with Crippen LogP contribution in [-0.2, 0) is 0 Å². The third-order valence-electron chi connectivity index (χ3n) is 2.87. The van der Waals surface area contributed by atoms with Gasteiger partial charge in [-0.25, -0.2) is 0 Å². The first-order valence-corrected chi connectivity index (χ1v) is 4.91. The highest BCUT2D eigenvalue weighted by Gasteiger charge is 2.29. The van der Waals surface area contributed by atoms with Gasteiger partial charge in [0.25, 0.3) is 0 Å². The molecule has 2 heteroatoms. The highest BCUT2D eigenvalue weighted by Crippen LogP contribution is 2.34. The molecule has 0 amide bonds. The largest absolute Gasteiger partial charge is 0.388 e. The molecule has 2 nitrogen and oxygen atoms in total. The van der Waals surface area contributed by atoms with Crippen LogP contribution in [0.4, 0.5) is 0 Å². The SMILES string of the molecule is Cc1ccc2c(c1)C(O)C(C)CC2=O. The molecule has 14 heavy (non-hydrogen) atoms. The van der Waals surface area contributed by atoms with Crippen LogP contribution in [0.3, 0.4) is 0 Å². The minimum absolute atomic E-state index is 0.0387. The van der Waals surface area contributed by atoms with Crippen molar-refractivity contribution in [1.29, 1.82) is 0 Å². The standard InChI is InChI=1S/C12H14O2/c1-7-3-4-9-10(5-7)12(14)8(2)6-11(9)13/h3-5,8,12,14H,6H2,1-2H3. The monoisotopic (exact) mass is 190 g/mol. The van der Waals surface area contributed by atoms with Crippen LogP contribution in [0.5, 0.6) is 0 Å². The lowest BCUT2D eigenvalue weighted by Gasteiger charge is -2.26. The lowest BCUT2D eigenvalue weighted by atomic mass is 9.81. The first-order valence-electron chi connectivity index (χ1n) is 4.91. The maximum atomic E-state index is 11.6. The van der Waals surface area contributed by atoms with E-state index in [1.807, 2.05) is 32.0 Å². The third kappa shape index (κ3) is 1.36. The second-order valence-electron chi connectivity index (χ2n) is 4.14. The molecule has 1 aromatic rings. The van der Waals surface area contributed by atoms with Gasteiger partial charge in [-0.15, -0.1) is 0 Å². The number of fused-ring (bicyclic) bond motifs is 1. The number of hydrogen-bond donors (Lipinski definition) is 1. The number of aliphatic hydroxyl groups is 1. The predicted molar refractivity (Wildman–Crippen MR) is 54.3 cm³/mol. The molecular formula is C12H14O2. The van der Waals surface area contributed by atoms with E-state index in [0.29, 0.717) is 12.0 Å². The molecule has 74 valence electrons. The summed E-state index contributed by atoms with van der Waals surface area (Å²) in [6, 6.07) is 5.65. The number of carbonyl (C=O) groups is 1. The molecule has 1 aliphatic rings. The van der Waals surface area contributed by atoms with Crippen molar-refractivity contribution in [3.63, 3.8) is 0 Å². The van der Waals surface area contributed by atoms with Crippen molar-refractivity contribution in [3.05, 3.63) is 34.9 Å². The second-order valence-corrected chi connectivity index (χ2v) is 4.14. The minimum atomic E-state index is -0.484. The van der Waals surface area contributed by atoms with Crippen LogP contribution in [0.1, 0.15) is 40.9 Å². The molecule has 2 atom stereocenters. The fourth-order valence-corrected chi connectivity index (χ4v) is 2.00. The predicted octanol–water partition coefficient (Wildman–Crippen LogP) is 2.25. The van der Waals surface area contributed by atoms with Crippen molar-refractivity contribution < 1.29 is 9.90 Å². The van der Waals surface area contributed by atoms with Crippen LogP contribution in [0.15, 0.2) is 18.2 Å². The van der Waals surface area contributed by atoms with Gasteiger partial charge in [0.15, 0.2) is 5.78 Å². The fraction of sp³-hybridized carbons (Fsp3) is 0.417. The molecular weight excluding hydrogens is 176 g/mol. The number of rotatable bonds is 0. The van der Waals surface area contributed by atoms with Crippen LogP contribution in [0.25, 0.3) is 0 Å². The second kappa shape index (κ2) is 3.21. The number of Topliss-reactive ketones (excluding diaryl/α,β-unsaturated/α-hetero) is 1. The van der Waals surface area contributed by atoms with E-state index in [9.17, 15) is 9.90 Å². The Balaban J connectivity index is 2.56. The normalized spacial score (nSPS) is 26.1. The van der Waals surface area contributed by atoms with Gasteiger partial charge in [-0.2, -0.15) is 0 Å². The Morgan fingerprint density at radius 2 is 2.14 bits per heavy atom. The van der Waals surface area contributed by atoms with E-state index in [2.05, 4.69) is 0 Å². The van der Waals surface area contributed by atoms with Crippen LogP contribution >= 0.6 is 0 Å². The maximum Gasteiger partial charge on any atom is 0.163 e. The quantitative estimate of drug-likeness (QED) is 0.681. The van der Waals surface area contributed by atoms with Crippen molar-refractivity contribution in [2.75, 3.05) is 0 Å². The zero-order chi connectivity index (χ0) is 10.3. The zero-order valence-corrected chi connectivity index (χ0v) is 8.45. The summed E-state index contributed by atoms with van der Waals surface area (Å²) in [7, 11) is 0. The van der Waals surface area contributed by atoms with Gasteiger partial charge in [-0.1, -0.05) is 30.7 Å². The highest BCUT2D eigenvalue weighted by atomic mass is 16.3. The van der Waals surface area contributed by atoms with E-state index in [1.54, 1.807) is 0 Å². The van der Waals surface area contributed by atoms with Crippen LogP contribution in [0, 0.1) is 12.8 Å². The molecule has 0 spiro atoms. The van der Waals surface area contributed by atoms with E-state index in [-0.39, 0.29) is 11.7 Å². The van der Waals surface area contributed by atoms with Crippen LogP contribution < -0.4 is 0 Å². The van der Waals surface area contributed by atoms with E-state index in [0.717, 1.165) is 11.1 Å². The smallest absolute Gasteiger partial charge is 0.163 e.